The number of benzene rings is 2. The molecule has 3 rings (SSSR count). The van der Waals surface area contributed by atoms with Gasteiger partial charge in [0.15, 0.2) is 0 Å². The topological polar surface area (TPSA) is 12.0 Å². The molecule has 1 aliphatic rings. The van der Waals surface area contributed by atoms with Crippen LogP contribution in [0.15, 0.2) is 64.4 Å². The zero-order valence-corrected chi connectivity index (χ0v) is 12.7. The van der Waals surface area contributed by atoms with E-state index in [1.807, 2.05) is 18.2 Å². The average molecular weight is 302 g/mol. The van der Waals surface area contributed by atoms with Crippen LogP contribution in [0.4, 0.5) is 0 Å². The van der Waals surface area contributed by atoms with Crippen molar-refractivity contribution < 1.29 is 0 Å². The summed E-state index contributed by atoms with van der Waals surface area (Å²) >= 11 is 8.01. The molecule has 2 aromatic carbocycles. The Bertz CT molecular complexity index is 636. The molecule has 0 spiro atoms. The second-order valence-electron chi connectivity index (χ2n) is 4.71. The van der Waals surface area contributed by atoms with Crippen LogP contribution >= 0.6 is 23.4 Å². The fraction of sp³-hybridized carbons (Fsp3) is 0.176. The Kier molecular flexibility index (Phi) is 4.46. The first kappa shape index (κ1) is 13.7. The van der Waals surface area contributed by atoms with Gasteiger partial charge in [0.25, 0.3) is 0 Å². The molecule has 0 amide bonds. The predicted molar refractivity (Wildman–Crippen MR) is 87.5 cm³/mol. The predicted octanol–water partition coefficient (Wildman–Crippen LogP) is 4.87. The number of hydrogen-bond acceptors (Lipinski definition) is 2. The Labute approximate surface area is 129 Å². The highest BCUT2D eigenvalue weighted by Gasteiger charge is 2.11. The van der Waals surface area contributed by atoms with Crippen LogP contribution in [0.3, 0.4) is 0 Å². The first-order valence-corrected chi connectivity index (χ1v) is 7.95. The third kappa shape index (κ3) is 3.09. The zero-order chi connectivity index (χ0) is 13.8. The van der Waals surface area contributed by atoms with Crippen LogP contribution in [0.1, 0.15) is 12.0 Å². The molecule has 1 nitrogen and oxygen atoms in total. The molecular formula is C17H16ClNS. The molecule has 1 aliphatic heterocycles. The van der Waals surface area contributed by atoms with Gasteiger partial charge in [0.05, 0.1) is 5.02 Å². The van der Waals surface area contributed by atoms with E-state index in [0.29, 0.717) is 0 Å². The van der Waals surface area contributed by atoms with Crippen LogP contribution in [0.2, 0.25) is 5.02 Å². The van der Waals surface area contributed by atoms with Crippen molar-refractivity contribution in [1.82, 2.24) is 5.32 Å². The largest absolute Gasteiger partial charge is 0.313 e. The van der Waals surface area contributed by atoms with Crippen LogP contribution in [-0.4, -0.2) is 13.1 Å². The summed E-state index contributed by atoms with van der Waals surface area (Å²) in [7, 11) is 0. The molecule has 20 heavy (non-hydrogen) atoms. The number of nitrogens with one attached hydrogen (secondary N) is 1. The highest BCUT2D eigenvalue weighted by Crippen LogP contribution is 2.37. The third-order valence-corrected chi connectivity index (χ3v) is 4.95. The fourth-order valence-electron chi connectivity index (χ4n) is 2.33. The second-order valence-corrected chi connectivity index (χ2v) is 6.20. The van der Waals surface area contributed by atoms with Gasteiger partial charge in [0, 0.05) is 16.3 Å². The van der Waals surface area contributed by atoms with Gasteiger partial charge in [-0.05, 0) is 42.3 Å². The highest BCUT2D eigenvalue weighted by molar-refractivity contribution is 7.99. The van der Waals surface area contributed by atoms with Gasteiger partial charge in [0.2, 0.25) is 0 Å². The Morgan fingerprint density at radius 1 is 0.950 bits per heavy atom. The Morgan fingerprint density at radius 2 is 1.70 bits per heavy atom. The smallest absolute Gasteiger partial charge is 0.0545 e. The molecule has 3 heteroatoms. The number of hydrogen-bond donors (Lipinski definition) is 1. The molecule has 0 saturated carbocycles. The lowest BCUT2D eigenvalue weighted by molar-refractivity contribution is 0.737. The van der Waals surface area contributed by atoms with E-state index in [1.165, 1.54) is 16.0 Å². The lowest BCUT2D eigenvalue weighted by atomic mass is 10.0. The Balaban J connectivity index is 1.94. The molecule has 0 radical (unpaired) electrons. The van der Waals surface area contributed by atoms with Gasteiger partial charge >= 0.3 is 0 Å². The summed E-state index contributed by atoms with van der Waals surface area (Å²) in [5, 5.41) is 4.17. The summed E-state index contributed by atoms with van der Waals surface area (Å²) in [6.45, 7) is 2.01. The van der Waals surface area contributed by atoms with E-state index in [4.69, 9.17) is 11.6 Å². The molecule has 102 valence electrons. The molecule has 0 saturated heterocycles. The highest BCUT2D eigenvalue weighted by atomic mass is 35.5. The average Bonchev–Trinajstić information content (AvgIpc) is 2.51. The zero-order valence-electron chi connectivity index (χ0n) is 11.1. The van der Waals surface area contributed by atoms with E-state index in [1.54, 1.807) is 11.8 Å². The minimum absolute atomic E-state index is 0.812. The SMILES string of the molecule is Clc1ccccc1Sc1ccccc1C1=CCNCC1. The molecule has 1 N–H and O–H groups in total. The fourth-order valence-corrected chi connectivity index (χ4v) is 3.59. The third-order valence-electron chi connectivity index (χ3n) is 3.35. The van der Waals surface area contributed by atoms with Crippen LogP contribution in [0.25, 0.3) is 5.57 Å². The van der Waals surface area contributed by atoms with Gasteiger partial charge in [0.1, 0.15) is 0 Å². The van der Waals surface area contributed by atoms with Gasteiger partial charge in [-0.1, -0.05) is 59.8 Å². The Hall–Kier alpha value is -1.22. The van der Waals surface area contributed by atoms with Crippen LogP contribution in [0, 0.1) is 0 Å². The van der Waals surface area contributed by atoms with Gasteiger partial charge in [-0.2, -0.15) is 0 Å². The minimum atomic E-state index is 0.812. The van der Waals surface area contributed by atoms with Crippen LogP contribution in [-0.2, 0) is 0 Å². The molecule has 0 aromatic heterocycles. The molecule has 0 bridgehead atoms. The molecular weight excluding hydrogens is 286 g/mol. The molecule has 0 fully saturated rings. The van der Waals surface area contributed by atoms with Crippen molar-refractivity contribution >= 4 is 28.9 Å². The maximum atomic E-state index is 6.27. The summed E-state index contributed by atoms with van der Waals surface area (Å²) in [5.74, 6) is 0. The van der Waals surface area contributed by atoms with Gasteiger partial charge in [-0.15, -0.1) is 0 Å². The van der Waals surface area contributed by atoms with Crippen molar-refractivity contribution in [2.45, 2.75) is 16.2 Å². The Morgan fingerprint density at radius 3 is 2.45 bits per heavy atom. The molecule has 0 aliphatic carbocycles. The van der Waals surface area contributed by atoms with E-state index >= 15 is 0 Å². The first-order valence-electron chi connectivity index (χ1n) is 6.76. The second kappa shape index (κ2) is 6.49. The van der Waals surface area contributed by atoms with Crippen molar-refractivity contribution in [3.63, 3.8) is 0 Å². The van der Waals surface area contributed by atoms with Gasteiger partial charge < -0.3 is 5.32 Å². The van der Waals surface area contributed by atoms with Crippen molar-refractivity contribution in [1.29, 1.82) is 0 Å². The number of halogens is 1. The first-order chi connectivity index (χ1) is 9.84. The van der Waals surface area contributed by atoms with E-state index in [-0.39, 0.29) is 0 Å². The standard InChI is InChI=1S/C17H16ClNS/c18-15-6-2-4-8-17(15)20-16-7-3-1-5-14(16)13-9-11-19-12-10-13/h1-9,19H,10-12H2. The lowest BCUT2D eigenvalue weighted by Crippen LogP contribution is -2.20. The summed E-state index contributed by atoms with van der Waals surface area (Å²) in [6.07, 6.45) is 3.37. The molecule has 1 heterocycles. The van der Waals surface area contributed by atoms with E-state index < -0.39 is 0 Å². The monoisotopic (exact) mass is 301 g/mol. The van der Waals surface area contributed by atoms with Gasteiger partial charge in [-0.25, -0.2) is 0 Å². The summed E-state index contributed by atoms with van der Waals surface area (Å²) in [5.41, 5.74) is 2.76. The van der Waals surface area contributed by atoms with Crippen molar-refractivity contribution in [2.24, 2.45) is 0 Å². The summed E-state index contributed by atoms with van der Waals surface area (Å²) in [4.78, 5) is 2.38. The van der Waals surface area contributed by atoms with E-state index in [9.17, 15) is 0 Å². The maximum absolute atomic E-state index is 6.27. The molecule has 2 aromatic rings. The van der Waals surface area contributed by atoms with Crippen molar-refractivity contribution in [3.05, 3.63) is 65.2 Å². The number of rotatable bonds is 3. The van der Waals surface area contributed by atoms with Crippen molar-refractivity contribution in [2.75, 3.05) is 13.1 Å². The summed E-state index contributed by atoms with van der Waals surface area (Å²) in [6, 6.07) is 16.6. The lowest BCUT2D eigenvalue weighted by Gasteiger charge is -2.17. The van der Waals surface area contributed by atoms with E-state index in [0.717, 1.165) is 29.4 Å². The normalized spacial score (nSPS) is 14.9. The molecule has 0 atom stereocenters. The van der Waals surface area contributed by atoms with Crippen molar-refractivity contribution in [3.8, 4) is 0 Å². The summed E-state index contributed by atoms with van der Waals surface area (Å²) < 4.78 is 0. The van der Waals surface area contributed by atoms with E-state index in [2.05, 4.69) is 41.7 Å². The quantitative estimate of drug-likeness (QED) is 0.868. The van der Waals surface area contributed by atoms with Gasteiger partial charge in [-0.3, -0.25) is 0 Å². The molecule has 0 unspecified atom stereocenters. The maximum Gasteiger partial charge on any atom is 0.0545 e. The van der Waals surface area contributed by atoms with Crippen LogP contribution in [0.5, 0.6) is 0 Å². The minimum Gasteiger partial charge on any atom is -0.313 e. The van der Waals surface area contributed by atoms with Crippen LogP contribution < -0.4 is 5.32 Å².